The van der Waals surface area contributed by atoms with Gasteiger partial charge in [-0.15, -0.1) is 0 Å². The lowest BCUT2D eigenvalue weighted by molar-refractivity contribution is 0.242. The highest BCUT2D eigenvalue weighted by molar-refractivity contribution is 5.28. The van der Waals surface area contributed by atoms with Crippen molar-refractivity contribution in [3.8, 4) is 11.5 Å². The fourth-order valence-electron chi connectivity index (χ4n) is 2.17. The van der Waals surface area contributed by atoms with E-state index < -0.39 is 0 Å². The first-order valence-corrected chi connectivity index (χ1v) is 7.96. The van der Waals surface area contributed by atoms with Crippen LogP contribution >= 0.6 is 0 Å². The molecule has 0 heterocycles. The molecule has 23 heavy (non-hydrogen) atoms. The zero-order chi connectivity index (χ0) is 16.5. The van der Waals surface area contributed by atoms with E-state index in [1.807, 2.05) is 38.1 Å². The number of benzene rings is 2. The Morgan fingerprint density at radius 1 is 0.913 bits per heavy atom. The minimum Gasteiger partial charge on any atom is -0.491 e. The zero-order valence-corrected chi connectivity index (χ0v) is 13.9. The molecular formula is C20H25NO2. The van der Waals surface area contributed by atoms with Crippen LogP contribution in [0.15, 0.2) is 61.2 Å². The van der Waals surface area contributed by atoms with Crippen LogP contribution in [0, 0.1) is 0 Å². The highest BCUT2D eigenvalue weighted by Gasteiger charge is 1.99. The van der Waals surface area contributed by atoms with Crippen molar-refractivity contribution in [1.29, 1.82) is 0 Å². The van der Waals surface area contributed by atoms with Gasteiger partial charge in [-0.2, -0.15) is 0 Å². The Labute approximate surface area is 138 Å². The van der Waals surface area contributed by atoms with Crippen molar-refractivity contribution in [1.82, 2.24) is 5.32 Å². The van der Waals surface area contributed by atoms with E-state index >= 15 is 0 Å². The molecule has 2 rings (SSSR count). The summed E-state index contributed by atoms with van der Waals surface area (Å²) in [4.78, 5) is 0. The standard InChI is InChI=1S/C20H25NO2/c1-4-13-22-19-9-5-17(6-10-19)14-21-15-18-7-11-20(12-8-18)23-16(2)3/h4-12,16,21H,1,13-15H2,2-3H3. The van der Waals surface area contributed by atoms with Gasteiger partial charge in [0.25, 0.3) is 0 Å². The molecule has 0 bridgehead atoms. The quantitative estimate of drug-likeness (QED) is 0.699. The fraction of sp³-hybridized carbons (Fsp3) is 0.300. The minimum atomic E-state index is 0.206. The summed E-state index contributed by atoms with van der Waals surface area (Å²) in [5, 5.41) is 3.44. The smallest absolute Gasteiger partial charge is 0.119 e. The maximum absolute atomic E-state index is 5.64. The second-order valence-corrected chi connectivity index (χ2v) is 5.66. The van der Waals surface area contributed by atoms with Crippen molar-refractivity contribution in [3.05, 3.63) is 72.3 Å². The molecule has 3 heteroatoms. The van der Waals surface area contributed by atoms with Gasteiger partial charge >= 0.3 is 0 Å². The van der Waals surface area contributed by atoms with Crippen LogP contribution in [0.1, 0.15) is 25.0 Å². The van der Waals surface area contributed by atoms with E-state index in [-0.39, 0.29) is 6.10 Å². The monoisotopic (exact) mass is 311 g/mol. The summed E-state index contributed by atoms with van der Waals surface area (Å²) in [6, 6.07) is 16.3. The Morgan fingerprint density at radius 3 is 1.91 bits per heavy atom. The molecule has 0 atom stereocenters. The zero-order valence-electron chi connectivity index (χ0n) is 13.9. The molecule has 0 saturated heterocycles. The van der Waals surface area contributed by atoms with E-state index in [4.69, 9.17) is 9.47 Å². The molecule has 0 radical (unpaired) electrons. The predicted molar refractivity (Wildman–Crippen MR) is 94.9 cm³/mol. The molecule has 0 spiro atoms. The molecule has 0 fully saturated rings. The average Bonchev–Trinajstić information content (AvgIpc) is 2.55. The third-order valence-electron chi connectivity index (χ3n) is 3.24. The fourth-order valence-corrected chi connectivity index (χ4v) is 2.17. The first-order valence-electron chi connectivity index (χ1n) is 7.96. The Balaban J connectivity index is 1.77. The molecule has 3 nitrogen and oxygen atoms in total. The van der Waals surface area contributed by atoms with Crippen molar-refractivity contribution in [2.75, 3.05) is 6.61 Å². The Kier molecular flexibility index (Phi) is 6.70. The van der Waals surface area contributed by atoms with Crippen LogP contribution in [0.2, 0.25) is 0 Å². The molecule has 0 aliphatic carbocycles. The van der Waals surface area contributed by atoms with Crippen molar-refractivity contribution >= 4 is 0 Å². The van der Waals surface area contributed by atoms with Gasteiger partial charge in [-0.05, 0) is 49.2 Å². The van der Waals surface area contributed by atoms with Crippen LogP contribution in [0.4, 0.5) is 0 Å². The lowest BCUT2D eigenvalue weighted by Crippen LogP contribution is -2.12. The van der Waals surface area contributed by atoms with Crippen LogP contribution in [-0.4, -0.2) is 12.7 Å². The van der Waals surface area contributed by atoms with Gasteiger partial charge in [0.2, 0.25) is 0 Å². The number of rotatable bonds is 9. The van der Waals surface area contributed by atoms with E-state index in [0.717, 1.165) is 24.6 Å². The highest BCUT2D eigenvalue weighted by Crippen LogP contribution is 2.14. The second kappa shape index (κ2) is 9.01. The van der Waals surface area contributed by atoms with Gasteiger partial charge in [-0.25, -0.2) is 0 Å². The SMILES string of the molecule is C=CCOc1ccc(CNCc2ccc(OC(C)C)cc2)cc1. The van der Waals surface area contributed by atoms with Gasteiger partial charge in [0.05, 0.1) is 6.10 Å². The van der Waals surface area contributed by atoms with Gasteiger partial charge in [0, 0.05) is 13.1 Å². The predicted octanol–water partition coefficient (Wildman–Crippen LogP) is 4.33. The summed E-state index contributed by atoms with van der Waals surface area (Å²) >= 11 is 0. The summed E-state index contributed by atoms with van der Waals surface area (Å²) in [6.07, 6.45) is 1.95. The van der Waals surface area contributed by atoms with Crippen LogP contribution in [-0.2, 0) is 13.1 Å². The minimum absolute atomic E-state index is 0.206. The van der Waals surface area contributed by atoms with Gasteiger partial charge in [0.15, 0.2) is 0 Å². The van der Waals surface area contributed by atoms with Gasteiger partial charge in [-0.3, -0.25) is 0 Å². The summed E-state index contributed by atoms with van der Waals surface area (Å²) in [7, 11) is 0. The van der Waals surface area contributed by atoms with Crippen molar-refractivity contribution in [2.45, 2.75) is 33.0 Å². The summed E-state index contributed by atoms with van der Waals surface area (Å²) in [6.45, 7) is 9.89. The van der Waals surface area contributed by atoms with E-state index in [2.05, 4.69) is 36.2 Å². The van der Waals surface area contributed by atoms with E-state index in [1.54, 1.807) is 6.08 Å². The molecule has 0 unspecified atom stereocenters. The Morgan fingerprint density at radius 2 is 1.43 bits per heavy atom. The maximum atomic E-state index is 5.64. The third kappa shape index (κ3) is 6.17. The molecule has 1 N–H and O–H groups in total. The van der Waals surface area contributed by atoms with E-state index in [9.17, 15) is 0 Å². The highest BCUT2D eigenvalue weighted by atomic mass is 16.5. The second-order valence-electron chi connectivity index (χ2n) is 5.66. The van der Waals surface area contributed by atoms with Gasteiger partial charge < -0.3 is 14.8 Å². The summed E-state index contributed by atoms with van der Waals surface area (Å²) in [5.74, 6) is 1.79. The van der Waals surface area contributed by atoms with Crippen LogP contribution < -0.4 is 14.8 Å². The molecule has 0 aliphatic rings. The molecule has 0 aromatic heterocycles. The Hall–Kier alpha value is -2.26. The molecule has 2 aromatic carbocycles. The molecule has 0 aliphatic heterocycles. The first kappa shape index (κ1) is 17.1. The van der Waals surface area contributed by atoms with Crippen LogP contribution in [0.25, 0.3) is 0 Å². The normalized spacial score (nSPS) is 10.6. The van der Waals surface area contributed by atoms with E-state index in [0.29, 0.717) is 6.61 Å². The van der Waals surface area contributed by atoms with Crippen molar-refractivity contribution in [3.63, 3.8) is 0 Å². The number of nitrogens with one attached hydrogen (secondary N) is 1. The summed E-state index contributed by atoms with van der Waals surface area (Å²) in [5.41, 5.74) is 2.47. The molecule has 122 valence electrons. The van der Waals surface area contributed by atoms with E-state index in [1.165, 1.54) is 11.1 Å². The van der Waals surface area contributed by atoms with Crippen molar-refractivity contribution < 1.29 is 9.47 Å². The lowest BCUT2D eigenvalue weighted by atomic mass is 10.2. The van der Waals surface area contributed by atoms with Crippen LogP contribution in [0.5, 0.6) is 11.5 Å². The number of hydrogen-bond acceptors (Lipinski definition) is 3. The first-order chi connectivity index (χ1) is 11.2. The number of ether oxygens (including phenoxy) is 2. The molecule has 0 saturated carbocycles. The van der Waals surface area contributed by atoms with Crippen LogP contribution in [0.3, 0.4) is 0 Å². The largest absolute Gasteiger partial charge is 0.491 e. The number of hydrogen-bond donors (Lipinski definition) is 1. The van der Waals surface area contributed by atoms with Crippen molar-refractivity contribution in [2.24, 2.45) is 0 Å². The molecule has 0 amide bonds. The van der Waals surface area contributed by atoms with Gasteiger partial charge in [-0.1, -0.05) is 36.9 Å². The maximum Gasteiger partial charge on any atom is 0.119 e. The van der Waals surface area contributed by atoms with Gasteiger partial charge in [0.1, 0.15) is 18.1 Å². The third-order valence-corrected chi connectivity index (χ3v) is 3.24. The Bertz CT molecular complexity index is 588. The summed E-state index contributed by atoms with van der Waals surface area (Å²) < 4.78 is 11.1. The molecular weight excluding hydrogens is 286 g/mol. The lowest BCUT2D eigenvalue weighted by Gasteiger charge is -2.10. The average molecular weight is 311 g/mol. The topological polar surface area (TPSA) is 30.5 Å². The molecule has 2 aromatic rings.